The molecule has 0 aliphatic carbocycles. The molecular formula is C17H14FN3O2. The van der Waals surface area contributed by atoms with Crippen LogP contribution in [0, 0.1) is 23.1 Å². The molecule has 2 aromatic rings. The van der Waals surface area contributed by atoms with E-state index < -0.39 is 23.5 Å². The molecule has 116 valence electrons. The minimum Gasteiger partial charge on any atom is -0.325 e. The molecule has 0 aliphatic rings. The Morgan fingerprint density at radius 3 is 1.83 bits per heavy atom. The van der Waals surface area contributed by atoms with Crippen LogP contribution < -0.4 is 10.6 Å². The number of hydrogen-bond donors (Lipinski definition) is 2. The molecular weight excluding hydrogens is 297 g/mol. The summed E-state index contributed by atoms with van der Waals surface area (Å²) in [6, 6.07) is 13.6. The molecule has 0 radical (unpaired) electrons. The van der Waals surface area contributed by atoms with Gasteiger partial charge in [0.2, 0.25) is 11.8 Å². The highest BCUT2D eigenvalue weighted by Crippen LogP contribution is 2.13. The van der Waals surface area contributed by atoms with Crippen LogP contribution >= 0.6 is 0 Å². The number of nitrogens with zero attached hydrogens (tertiary/aromatic N) is 1. The number of amides is 2. The number of benzene rings is 2. The van der Waals surface area contributed by atoms with Crippen LogP contribution in [0.15, 0.2) is 48.5 Å². The highest BCUT2D eigenvalue weighted by Gasteiger charge is 2.21. The largest absolute Gasteiger partial charge is 0.325 e. The molecule has 2 amide bonds. The van der Waals surface area contributed by atoms with E-state index in [1.807, 2.05) is 6.07 Å². The molecule has 0 spiro atoms. The maximum absolute atomic E-state index is 12.8. The monoisotopic (exact) mass is 311 g/mol. The Hall–Kier alpha value is -3.20. The Balaban J connectivity index is 1.96. The van der Waals surface area contributed by atoms with Crippen LogP contribution in [-0.2, 0) is 9.59 Å². The fourth-order valence-electron chi connectivity index (χ4n) is 1.78. The third-order valence-electron chi connectivity index (χ3n) is 3.18. The number of halogens is 1. The van der Waals surface area contributed by atoms with Gasteiger partial charge in [-0.3, -0.25) is 9.59 Å². The molecule has 2 N–H and O–H groups in total. The van der Waals surface area contributed by atoms with E-state index in [0.717, 1.165) is 0 Å². The summed E-state index contributed by atoms with van der Waals surface area (Å²) in [5.41, 5.74) is 1.38. The van der Waals surface area contributed by atoms with Crippen molar-refractivity contribution in [3.05, 3.63) is 59.9 Å². The number of hydrogen-bond acceptors (Lipinski definition) is 3. The standard InChI is InChI=1S/C17H14FN3O2/c1-11(17(23)21-15-8-4-13(18)5-9-15)16(22)20-14-6-2-12(10-19)3-7-14/h2-9,11H,1H3,(H,20,22)(H,21,23). The lowest BCUT2D eigenvalue weighted by Gasteiger charge is -2.12. The van der Waals surface area contributed by atoms with Crippen molar-refractivity contribution in [3.8, 4) is 6.07 Å². The fraction of sp³-hybridized carbons (Fsp3) is 0.118. The van der Waals surface area contributed by atoms with Crippen molar-refractivity contribution in [2.24, 2.45) is 5.92 Å². The van der Waals surface area contributed by atoms with E-state index in [2.05, 4.69) is 10.6 Å². The van der Waals surface area contributed by atoms with Gasteiger partial charge in [0.15, 0.2) is 0 Å². The van der Waals surface area contributed by atoms with E-state index in [1.165, 1.54) is 31.2 Å². The lowest BCUT2D eigenvalue weighted by atomic mass is 10.1. The normalized spacial score (nSPS) is 11.2. The molecule has 1 unspecified atom stereocenters. The van der Waals surface area contributed by atoms with E-state index in [0.29, 0.717) is 16.9 Å². The van der Waals surface area contributed by atoms with E-state index >= 15 is 0 Å². The van der Waals surface area contributed by atoms with Crippen LogP contribution in [0.5, 0.6) is 0 Å². The summed E-state index contributed by atoms with van der Waals surface area (Å²) < 4.78 is 12.8. The molecule has 6 heteroatoms. The Morgan fingerprint density at radius 2 is 1.39 bits per heavy atom. The number of nitrogens with one attached hydrogen (secondary N) is 2. The zero-order chi connectivity index (χ0) is 16.8. The Morgan fingerprint density at radius 1 is 0.957 bits per heavy atom. The summed E-state index contributed by atoms with van der Waals surface area (Å²) >= 11 is 0. The third-order valence-corrected chi connectivity index (χ3v) is 3.18. The fourth-order valence-corrected chi connectivity index (χ4v) is 1.78. The van der Waals surface area contributed by atoms with Crippen molar-refractivity contribution >= 4 is 23.2 Å². The SMILES string of the molecule is CC(C(=O)Nc1ccc(F)cc1)C(=O)Nc1ccc(C#N)cc1. The minimum atomic E-state index is -0.935. The van der Waals surface area contributed by atoms with E-state index in [9.17, 15) is 14.0 Å². The quantitative estimate of drug-likeness (QED) is 0.852. The maximum atomic E-state index is 12.8. The summed E-state index contributed by atoms with van der Waals surface area (Å²) in [4.78, 5) is 24.1. The smallest absolute Gasteiger partial charge is 0.236 e. The Labute approximate surface area is 132 Å². The topological polar surface area (TPSA) is 82.0 Å². The average Bonchev–Trinajstić information content (AvgIpc) is 2.56. The van der Waals surface area contributed by atoms with E-state index in [-0.39, 0.29) is 0 Å². The first-order chi connectivity index (χ1) is 11.0. The molecule has 23 heavy (non-hydrogen) atoms. The van der Waals surface area contributed by atoms with Crippen LogP contribution in [0.2, 0.25) is 0 Å². The molecule has 5 nitrogen and oxygen atoms in total. The van der Waals surface area contributed by atoms with Gasteiger partial charge in [0.25, 0.3) is 0 Å². The summed E-state index contributed by atoms with van der Waals surface area (Å²) in [7, 11) is 0. The average molecular weight is 311 g/mol. The Kier molecular flexibility index (Phi) is 5.05. The lowest BCUT2D eigenvalue weighted by molar-refractivity contribution is -0.128. The second kappa shape index (κ2) is 7.18. The van der Waals surface area contributed by atoms with E-state index in [4.69, 9.17) is 5.26 Å². The van der Waals surface area contributed by atoms with Gasteiger partial charge < -0.3 is 10.6 Å². The van der Waals surface area contributed by atoms with Gasteiger partial charge in [0, 0.05) is 11.4 Å². The van der Waals surface area contributed by atoms with Crippen LogP contribution in [0.1, 0.15) is 12.5 Å². The van der Waals surface area contributed by atoms with Crippen molar-refractivity contribution in [1.82, 2.24) is 0 Å². The number of nitriles is 1. The Bertz CT molecular complexity index is 749. The summed E-state index contributed by atoms with van der Waals surface area (Å²) in [5.74, 6) is -2.32. The predicted molar refractivity (Wildman–Crippen MR) is 84.0 cm³/mol. The van der Waals surface area contributed by atoms with E-state index in [1.54, 1.807) is 24.3 Å². The lowest BCUT2D eigenvalue weighted by Crippen LogP contribution is -2.31. The van der Waals surface area contributed by atoms with Crippen LogP contribution in [0.4, 0.5) is 15.8 Å². The van der Waals surface area contributed by atoms with Crippen molar-refractivity contribution in [3.63, 3.8) is 0 Å². The van der Waals surface area contributed by atoms with Gasteiger partial charge in [0.05, 0.1) is 11.6 Å². The molecule has 0 saturated carbocycles. The second-order valence-electron chi connectivity index (χ2n) is 4.90. The molecule has 0 bridgehead atoms. The molecule has 2 rings (SSSR count). The van der Waals surface area contributed by atoms with Gasteiger partial charge in [-0.25, -0.2) is 4.39 Å². The zero-order valence-electron chi connectivity index (χ0n) is 12.3. The van der Waals surface area contributed by atoms with Gasteiger partial charge in [-0.15, -0.1) is 0 Å². The minimum absolute atomic E-state index is 0.408. The second-order valence-corrected chi connectivity index (χ2v) is 4.90. The van der Waals surface area contributed by atoms with Crippen LogP contribution in [0.25, 0.3) is 0 Å². The molecule has 0 heterocycles. The molecule has 0 aliphatic heterocycles. The molecule has 0 saturated heterocycles. The van der Waals surface area contributed by atoms with Crippen molar-refractivity contribution in [1.29, 1.82) is 5.26 Å². The molecule has 0 fully saturated rings. The van der Waals surface area contributed by atoms with Crippen molar-refractivity contribution < 1.29 is 14.0 Å². The third kappa shape index (κ3) is 4.38. The highest BCUT2D eigenvalue weighted by molar-refractivity contribution is 6.10. The molecule has 2 aromatic carbocycles. The van der Waals surface area contributed by atoms with Crippen molar-refractivity contribution in [2.45, 2.75) is 6.92 Å². The number of rotatable bonds is 4. The van der Waals surface area contributed by atoms with Gasteiger partial charge in [-0.1, -0.05) is 0 Å². The summed E-state index contributed by atoms with van der Waals surface area (Å²) in [6.07, 6.45) is 0. The number of carbonyl (C=O) groups is 2. The predicted octanol–water partition coefficient (Wildman–Crippen LogP) is 2.91. The first-order valence-electron chi connectivity index (χ1n) is 6.87. The van der Waals surface area contributed by atoms with Crippen LogP contribution in [-0.4, -0.2) is 11.8 Å². The zero-order valence-corrected chi connectivity index (χ0v) is 12.3. The molecule has 0 aromatic heterocycles. The van der Waals surface area contributed by atoms with Gasteiger partial charge >= 0.3 is 0 Å². The van der Waals surface area contributed by atoms with Gasteiger partial charge in [0.1, 0.15) is 11.7 Å². The van der Waals surface area contributed by atoms with Crippen molar-refractivity contribution in [2.75, 3.05) is 10.6 Å². The summed E-state index contributed by atoms with van der Waals surface area (Å²) in [5, 5.41) is 13.9. The molecule has 1 atom stereocenters. The van der Waals surface area contributed by atoms with Gasteiger partial charge in [-0.05, 0) is 55.5 Å². The summed E-state index contributed by atoms with van der Waals surface area (Å²) in [6.45, 7) is 1.47. The number of anilines is 2. The first-order valence-corrected chi connectivity index (χ1v) is 6.87. The first kappa shape index (κ1) is 16.2. The highest BCUT2D eigenvalue weighted by atomic mass is 19.1. The number of carbonyl (C=O) groups excluding carboxylic acids is 2. The maximum Gasteiger partial charge on any atom is 0.236 e. The van der Waals surface area contributed by atoms with Crippen LogP contribution in [0.3, 0.4) is 0 Å². The van der Waals surface area contributed by atoms with Gasteiger partial charge in [-0.2, -0.15) is 5.26 Å².